The molecular weight excluding hydrogens is 244 g/mol. The fourth-order valence-corrected chi connectivity index (χ4v) is 2.12. The first kappa shape index (κ1) is 13.5. The van der Waals surface area contributed by atoms with Crippen LogP contribution in [-0.4, -0.2) is 23.9 Å². The summed E-state index contributed by atoms with van der Waals surface area (Å²) in [6, 6.07) is 4.78. The van der Waals surface area contributed by atoms with Gasteiger partial charge in [-0.3, -0.25) is 0 Å². The van der Waals surface area contributed by atoms with Crippen LogP contribution in [0.25, 0.3) is 11.1 Å². The van der Waals surface area contributed by atoms with Gasteiger partial charge in [-0.15, -0.1) is 0 Å². The molecule has 0 unspecified atom stereocenters. The van der Waals surface area contributed by atoms with Crippen LogP contribution in [0.2, 0.25) is 0 Å². The van der Waals surface area contributed by atoms with Crippen LogP contribution in [0.15, 0.2) is 28.9 Å². The quantitative estimate of drug-likeness (QED) is 0.641. The van der Waals surface area contributed by atoms with E-state index in [1.54, 1.807) is 25.5 Å². The van der Waals surface area contributed by atoms with Gasteiger partial charge in [-0.1, -0.05) is 6.07 Å². The molecule has 4 heteroatoms. The van der Waals surface area contributed by atoms with Gasteiger partial charge in [0.15, 0.2) is 11.5 Å². The third-order valence-electron chi connectivity index (χ3n) is 3.17. The highest BCUT2D eigenvalue weighted by Gasteiger charge is 2.13. The minimum atomic E-state index is -0.126. The lowest BCUT2D eigenvalue weighted by Gasteiger charge is -2.06. The summed E-state index contributed by atoms with van der Waals surface area (Å²) < 4.78 is 10.5. The number of phenolic OH excluding ortho intramolecular Hbond substituents is 2. The van der Waals surface area contributed by atoms with Crippen molar-refractivity contribution in [1.29, 1.82) is 0 Å². The maximum Gasteiger partial charge on any atom is 0.158 e. The van der Waals surface area contributed by atoms with Crippen molar-refractivity contribution in [3.8, 4) is 22.6 Å². The zero-order valence-electron chi connectivity index (χ0n) is 11.1. The van der Waals surface area contributed by atoms with E-state index in [9.17, 15) is 10.2 Å². The Labute approximate surface area is 112 Å². The molecule has 2 rings (SSSR count). The summed E-state index contributed by atoms with van der Waals surface area (Å²) >= 11 is 0. The van der Waals surface area contributed by atoms with Gasteiger partial charge in [0.1, 0.15) is 5.76 Å². The Balaban J connectivity index is 2.31. The van der Waals surface area contributed by atoms with Gasteiger partial charge in [-0.05, 0) is 37.5 Å². The van der Waals surface area contributed by atoms with Crippen LogP contribution in [-0.2, 0) is 11.2 Å². The fourth-order valence-electron chi connectivity index (χ4n) is 2.12. The van der Waals surface area contributed by atoms with E-state index in [0.717, 1.165) is 35.3 Å². The van der Waals surface area contributed by atoms with Crippen LogP contribution in [0.3, 0.4) is 0 Å². The Bertz CT molecular complexity index is 557. The van der Waals surface area contributed by atoms with Gasteiger partial charge in [-0.2, -0.15) is 0 Å². The molecule has 0 radical (unpaired) electrons. The molecule has 19 heavy (non-hydrogen) atoms. The lowest BCUT2D eigenvalue weighted by atomic mass is 9.99. The van der Waals surface area contributed by atoms with E-state index in [4.69, 9.17) is 9.15 Å². The van der Waals surface area contributed by atoms with Crippen molar-refractivity contribution in [2.24, 2.45) is 0 Å². The molecule has 1 heterocycles. The van der Waals surface area contributed by atoms with Gasteiger partial charge in [0.25, 0.3) is 0 Å². The van der Waals surface area contributed by atoms with E-state index in [2.05, 4.69) is 0 Å². The molecule has 1 aromatic carbocycles. The van der Waals surface area contributed by atoms with Gasteiger partial charge in [0.2, 0.25) is 0 Å². The van der Waals surface area contributed by atoms with Crippen molar-refractivity contribution in [2.45, 2.75) is 19.8 Å². The normalized spacial score (nSPS) is 10.8. The average molecular weight is 262 g/mol. The van der Waals surface area contributed by atoms with Crippen LogP contribution in [0, 0.1) is 6.92 Å². The molecule has 102 valence electrons. The van der Waals surface area contributed by atoms with Crippen molar-refractivity contribution >= 4 is 0 Å². The lowest BCUT2D eigenvalue weighted by Crippen LogP contribution is -1.94. The highest BCUT2D eigenvalue weighted by molar-refractivity contribution is 5.70. The Morgan fingerprint density at radius 2 is 2.00 bits per heavy atom. The van der Waals surface area contributed by atoms with Crippen LogP contribution in [0.4, 0.5) is 0 Å². The number of benzene rings is 1. The van der Waals surface area contributed by atoms with E-state index in [0.29, 0.717) is 6.61 Å². The predicted octanol–water partition coefficient (Wildman–Crippen LogP) is 3.25. The number of furan rings is 1. The van der Waals surface area contributed by atoms with Crippen molar-refractivity contribution in [1.82, 2.24) is 0 Å². The van der Waals surface area contributed by atoms with Crippen molar-refractivity contribution in [2.75, 3.05) is 13.7 Å². The summed E-state index contributed by atoms with van der Waals surface area (Å²) in [5.74, 6) is 0.628. The molecule has 0 aliphatic carbocycles. The highest BCUT2D eigenvalue weighted by atomic mass is 16.5. The predicted molar refractivity (Wildman–Crippen MR) is 72.4 cm³/mol. The summed E-state index contributed by atoms with van der Waals surface area (Å²) in [6.45, 7) is 2.62. The molecular formula is C15H18O4. The molecule has 0 fully saturated rings. The number of methoxy groups -OCH3 is 1. The molecule has 0 aliphatic heterocycles. The van der Waals surface area contributed by atoms with E-state index in [1.807, 2.05) is 6.92 Å². The number of ether oxygens (including phenoxy) is 1. The SMILES string of the molecule is COCCCc1c(-c2ccc(O)c(O)c2)coc1C. The third-order valence-corrected chi connectivity index (χ3v) is 3.17. The van der Waals surface area contributed by atoms with E-state index in [-0.39, 0.29) is 11.5 Å². The lowest BCUT2D eigenvalue weighted by molar-refractivity contribution is 0.195. The van der Waals surface area contributed by atoms with Crippen LogP contribution < -0.4 is 0 Å². The number of aromatic hydroxyl groups is 2. The molecule has 2 aromatic rings. The molecule has 0 saturated carbocycles. The second-order valence-corrected chi connectivity index (χ2v) is 4.48. The van der Waals surface area contributed by atoms with Crippen LogP contribution >= 0.6 is 0 Å². The second kappa shape index (κ2) is 5.80. The Kier molecular flexibility index (Phi) is 4.12. The molecule has 0 spiro atoms. The summed E-state index contributed by atoms with van der Waals surface area (Å²) in [5, 5.41) is 18.9. The summed E-state index contributed by atoms with van der Waals surface area (Å²) in [5.41, 5.74) is 2.89. The summed E-state index contributed by atoms with van der Waals surface area (Å²) in [7, 11) is 1.68. The number of phenols is 2. The molecule has 0 aliphatic rings. The topological polar surface area (TPSA) is 62.8 Å². The number of hydrogen-bond donors (Lipinski definition) is 2. The van der Waals surface area contributed by atoms with Gasteiger partial charge in [-0.25, -0.2) is 0 Å². The number of rotatable bonds is 5. The van der Waals surface area contributed by atoms with Gasteiger partial charge < -0.3 is 19.4 Å². The standard InChI is InChI=1S/C15H18O4/c1-10-12(4-3-7-18-2)13(9-19-10)11-5-6-14(16)15(17)8-11/h5-6,8-9,16-17H,3-4,7H2,1-2H3. The van der Waals surface area contributed by atoms with E-state index < -0.39 is 0 Å². The second-order valence-electron chi connectivity index (χ2n) is 4.48. The van der Waals surface area contributed by atoms with Gasteiger partial charge >= 0.3 is 0 Å². The molecule has 0 saturated heterocycles. The van der Waals surface area contributed by atoms with E-state index >= 15 is 0 Å². The zero-order valence-corrected chi connectivity index (χ0v) is 11.1. The molecule has 0 amide bonds. The number of hydrogen-bond acceptors (Lipinski definition) is 4. The third kappa shape index (κ3) is 2.90. The smallest absolute Gasteiger partial charge is 0.158 e. The molecule has 1 aromatic heterocycles. The highest BCUT2D eigenvalue weighted by Crippen LogP contribution is 2.34. The summed E-state index contributed by atoms with van der Waals surface area (Å²) in [6.07, 6.45) is 3.45. The largest absolute Gasteiger partial charge is 0.504 e. The molecule has 2 N–H and O–H groups in total. The minimum Gasteiger partial charge on any atom is -0.504 e. The maximum atomic E-state index is 9.57. The maximum absolute atomic E-state index is 9.57. The zero-order chi connectivity index (χ0) is 13.8. The van der Waals surface area contributed by atoms with E-state index in [1.165, 1.54) is 6.07 Å². The molecule has 0 bridgehead atoms. The fraction of sp³-hybridized carbons (Fsp3) is 0.333. The first-order valence-corrected chi connectivity index (χ1v) is 6.21. The average Bonchev–Trinajstić information content (AvgIpc) is 2.75. The Morgan fingerprint density at radius 3 is 2.68 bits per heavy atom. The first-order chi connectivity index (χ1) is 9.13. The Morgan fingerprint density at radius 1 is 1.21 bits per heavy atom. The van der Waals surface area contributed by atoms with Crippen LogP contribution in [0.5, 0.6) is 11.5 Å². The van der Waals surface area contributed by atoms with Gasteiger partial charge in [0, 0.05) is 24.8 Å². The monoisotopic (exact) mass is 262 g/mol. The number of aryl methyl sites for hydroxylation is 1. The minimum absolute atomic E-state index is 0.120. The van der Waals surface area contributed by atoms with Crippen molar-refractivity contribution in [3.63, 3.8) is 0 Å². The van der Waals surface area contributed by atoms with Crippen LogP contribution in [0.1, 0.15) is 17.7 Å². The van der Waals surface area contributed by atoms with Gasteiger partial charge in [0.05, 0.1) is 6.26 Å². The summed E-state index contributed by atoms with van der Waals surface area (Å²) in [4.78, 5) is 0. The molecule has 4 nitrogen and oxygen atoms in total. The van der Waals surface area contributed by atoms with Crippen molar-refractivity contribution in [3.05, 3.63) is 35.8 Å². The van der Waals surface area contributed by atoms with Crippen molar-refractivity contribution < 1.29 is 19.4 Å². The first-order valence-electron chi connectivity index (χ1n) is 6.21. The Hall–Kier alpha value is -1.94. The molecule has 0 atom stereocenters.